The van der Waals surface area contributed by atoms with Gasteiger partial charge in [0.05, 0.1) is 0 Å². The molecule has 1 heterocycles. The molecule has 1 fully saturated rings. The molecule has 0 saturated carbocycles. The summed E-state index contributed by atoms with van der Waals surface area (Å²) in [6.07, 6.45) is -3.09. The van der Waals surface area contributed by atoms with Gasteiger partial charge in [-0.15, -0.1) is 13.2 Å². The molecule has 0 aliphatic carbocycles. The van der Waals surface area contributed by atoms with Crippen molar-refractivity contribution >= 4 is 11.7 Å². The average Bonchev–Trinajstić information content (AvgIpc) is 2.39. The highest BCUT2D eigenvalue weighted by Crippen LogP contribution is 2.24. The van der Waals surface area contributed by atoms with Crippen molar-refractivity contribution in [2.45, 2.75) is 31.7 Å². The smallest absolute Gasteiger partial charge is 0.406 e. The van der Waals surface area contributed by atoms with E-state index in [2.05, 4.69) is 20.7 Å². The van der Waals surface area contributed by atoms with Gasteiger partial charge in [-0.3, -0.25) is 0 Å². The maximum absolute atomic E-state index is 12.0. The number of halogens is 3. The third kappa shape index (κ3) is 5.10. The SMILES string of the molecule is CC1(NC(=O)Nc2ccc(OC(F)(F)F)cc2)CCNCC1. The van der Waals surface area contributed by atoms with E-state index in [9.17, 15) is 18.0 Å². The summed E-state index contributed by atoms with van der Waals surface area (Å²) < 4.78 is 39.9. The Morgan fingerprint density at radius 2 is 1.82 bits per heavy atom. The van der Waals surface area contributed by atoms with E-state index < -0.39 is 6.36 Å². The molecular weight excluding hydrogens is 299 g/mol. The van der Waals surface area contributed by atoms with Crippen LogP contribution in [-0.4, -0.2) is 31.0 Å². The monoisotopic (exact) mass is 317 g/mol. The van der Waals surface area contributed by atoms with Crippen LogP contribution in [0.4, 0.5) is 23.7 Å². The van der Waals surface area contributed by atoms with E-state index >= 15 is 0 Å². The highest BCUT2D eigenvalue weighted by Gasteiger charge is 2.31. The highest BCUT2D eigenvalue weighted by atomic mass is 19.4. The number of hydrogen-bond acceptors (Lipinski definition) is 3. The molecule has 3 N–H and O–H groups in total. The number of amides is 2. The van der Waals surface area contributed by atoms with Gasteiger partial charge in [0.1, 0.15) is 5.75 Å². The quantitative estimate of drug-likeness (QED) is 0.803. The summed E-state index contributed by atoms with van der Waals surface area (Å²) in [5, 5.41) is 8.70. The van der Waals surface area contributed by atoms with Crippen LogP contribution >= 0.6 is 0 Å². The average molecular weight is 317 g/mol. The molecule has 0 unspecified atom stereocenters. The van der Waals surface area contributed by atoms with Crippen molar-refractivity contribution in [2.24, 2.45) is 0 Å². The van der Waals surface area contributed by atoms with Gasteiger partial charge in [0.15, 0.2) is 0 Å². The van der Waals surface area contributed by atoms with Crippen molar-refractivity contribution < 1.29 is 22.7 Å². The van der Waals surface area contributed by atoms with Crippen molar-refractivity contribution in [1.82, 2.24) is 10.6 Å². The second-order valence-electron chi connectivity index (χ2n) is 5.46. The Kier molecular flexibility index (Phi) is 4.80. The first kappa shape index (κ1) is 16.4. The number of ether oxygens (including phenoxy) is 1. The molecule has 0 radical (unpaired) electrons. The third-order valence-electron chi connectivity index (χ3n) is 3.47. The summed E-state index contributed by atoms with van der Waals surface area (Å²) in [4.78, 5) is 11.9. The minimum Gasteiger partial charge on any atom is -0.406 e. The van der Waals surface area contributed by atoms with Gasteiger partial charge < -0.3 is 20.7 Å². The second kappa shape index (κ2) is 6.43. The van der Waals surface area contributed by atoms with Gasteiger partial charge in [-0.2, -0.15) is 0 Å². The number of rotatable bonds is 3. The van der Waals surface area contributed by atoms with Crippen LogP contribution in [0.5, 0.6) is 5.75 Å². The van der Waals surface area contributed by atoms with Crippen molar-refractivity contribution in [3.05, 3.63) is 24.3 Å². The van der Waals surface area contributed by atoms with Gasteiger partial charge in [-0.25, -0.2) is 4.79 Å². The van der Waals surface area contributed by atoms with Crippen LogP contribution in [-0.2, 0) is 0 Å². The molecule has 1 saturated heterocycles. The van der Waals surface area contributed by atoms with E-state index in [1.165, 1.54) is 12.1 Å². The van der Waals surface area contributed by atoms with Crippen LogP contribution < -0.4 is 20.7 Å². The van der Waals surface area contributed by atoms with Gasteiger partial charge in [-0.05, 0) is 57.1 Å². The summed E-state index contributed by atoms with van der Waals surface area (Å²) >= 11 is 0. The topological polar surface area (TPSA) is 62.4 Å². The number of urea groups is 1. The number of benzene rings is 1. The Labute approximate surface area is 126 Å². The van der Waals surface area contributed by atoms with Crippen LogP contribution in [0.1, 0.15) is 19.8 Å². The Bertz CT molecular complexity index is 511. The lowest BCUT2D eigenvalue weighted by Crippen LogP contribution is -2.53. The fourth-order valence-electron chi connectivity index (χ4n) is 2.28. The summed E-state index contributed by atoms with van der Waals surface area (Å²) in [7, 11) is 0. The first-order valence-corrected chi connectivity index (χ1v) is 6.91. The Morgan fingerprint density at radius 1 is 1.23 bits per heavy atom. The van der Waals surface area contributed by atoms with E-state index in [4.69, 9.17) is 0 Å². The number of nitrogens with one attached hydrogen (secondary N) is 3. The van der Waals surface area contributed by atoms with Crippen LogP contribution in [0, 0.1) is 0 Å². The zero-order valence-electron chi connectivity index (χ0n) is 12.1. The van der Waals surface area contributed by atoms with E-state index in [-0.39, 0.29) is 17.3 Å². The zero-order chi connectivity index (χ0) is 16.2. The Morgan fingerprint density at radius 3 is 2.36 bits per heavy atom. The molecule has 0 spiro atoms. The summed E-state index contributed by atoms with van der Waals surface area (Å²) in [6, 6.07) is 4.62. The number of anilines is 1. The van der Waals surface area contributed by atoms with Gasteiger partial charge >= 0.3 is 12.4 Å². The van der Waals surface area contributed by atoms with Crippen LogP contribution in [0.2, 0.25) is 0 Å². The molecule has 0 bridgehead atoms. The zero-order valence-corrected chi connectivity index (χ0v) is 12.1. The third-order valence-corrected chi connectivity index (χ3v) is 3.47. The lowest BCUT2D eigenvalue weighted by Gasteiger charge is -2.34. The lowest BCUT2D eigenvalue weighted by atomic mass is 9.91. The maximum atomic E-state index is 12.0. The van der Waals surface area contributed by atoms with Crippen molar-refractivity contribution in [3.8, 4) is 5.75 Å². The highest BCUT2D eigenvalue weighted by molar-refractivity contribution is 5.89. The molecule has 1 aliphatic rings. The second-order valence-corrected chi connectivity index (χ2v) is 5.46. The van der Waals surface area contributed by atoms with E-state index in [0.717, 1.165) is 38.1 Å². The van der Waals surface area contributed by atoms with Crippen molar-refractivity contribution in [1.29, 1.82) is 0 Å². The van der Waals surface area contributed by atoms with E-state index in [1.54, 1.807) is 0 Å². The van der Waals surface area contributed by atoms with Crippen LogP contribution in [0.25, 0.3) is 0 Å². The molecule has 2 rings (SSSR count). The molecule has 22 heavy (non-hydrogen) atoms. The Balaban J connectivity index is 1.89. The molecule has 5 nitrogen and oxygen atoms in total. The number of alkyl halides is 3. The van der Waals surface area contributed by atoms with Crippen LogP contribution in [0.15, 0.2) is 24.3 Å². The van der Waals surface area contributed by atoms with Crippen molar-refractivity contribution in [2.75, 3.05) is 18.4 Å². The minimum atomic E-state index is -4.73. The van der Waals surface area contributed by atoms with E-state index in [1.807, 2.05) is 6.92 Å². The molecule has 1 aromatic carbocycles. The van der Waals surface area contributed by atoms with E-state index in [0.29, 0.717) is 5.69 Å². The molecular formula is C14H18F3N3O2. The molecule has 1 aliphatic heterocycles. The van der Waals surface area contributed by atoms with Gasteiger partial charge in [0.25, 0.3) is 0 Å². The van der Waals surface area contributed by atoms with Gasteiger partial charge in [0, 0.05) is 11.2 Å². The molecule has 1 aromatic rings. The molecule has 122 valence electrons. The molecule has 0 aromatic heterocycles. The number of carbonyl (C=O) groups excluding carboxylic acids is 1. The van der Waals surface area contributed by atoms with Crippen LogP contribution in [0.3, 0.4) is 0 Å². The predicted octanol–water partition coefficient (Wildman–Crippen LogP) is 2.85. The Hall–Kier alpha value is -1.96. The predicted molar refractivity (Wildman–Crippen MR) is 75.8 cm³/mol. The van der Waals surface area contributed by atoms with Gasteiger partial charge in [0.2, 0.25) is 0 Å². The molecule has 2 amide bonds. The number of hydrogen-bond donors (Lipinski definition) is 3. The summed E-state index contributed by atoms with van der Waals surface area (Å²) in [5.41, 5.74) is 0.110. The fraction of sp³-hybridized carbons (Fsp3) is 0.500. The fourth-order valence-corrected chi connectivity index (χ4v) is 2.28. The normalized spacial score (nSPS) is 17.6. The summed E-state index contributed by atoms with van der Waals surface area (Å²) in [5.74, 6) is -0.330. The standard InChI is InChI=1S/C14H18F3N3O2/c1-13(6-8-18-9-7-13)20-12(21)19-10-2-4-11(5-3-10)22-14(15,16)17/h2-5,18H,6-9H2,1H3,(H2,19,20,21). The molecule has 8 heteroatoms. The first-order valence-electron chi connectivity index (χ1n) is 6.91. The number of piperidine rings is 1. The lowest BCUT2D eigenvalue weighted by molar-refractivity contribution is -0.274. The largest absolute Gasteiger partial charge is 0.573 e. The first-order chi connectivity index (χ1) is 10.3. The number of carbonyl (C=O) groups is 1. The minimum absolute atomic E-state index is 0.283. The summed E-state index contributed by atoms with van der Waals surface area (Å²) in [6.45, 7) is 3.63. The van der Waals surface area contributed by atoms with Gasteiger partial charge in [-0.1, -0.05) is 0 Å². The van der Waals surface area contributed by atoms with Crippen molar-refractivity contribution in [3.63, 3.8) is 0 Å². The molecule has 0 atom stereocenters. The maximum Gasteiger partial charge on any atom is 0.573 e.